The molecule has 0 amide bonds. The molecular formula is C16H20N2O. The molecule has 1 aromatic heterocycles. The first-order chi connectivity index (χ1) is 8.95. The number of hydrogen-bond acceptors (Lipinski definition) is 2. The summed E-state index contributed by atoms with van der Waals surface area (Å²) in [5.74, 6) is 0. The van der Waals surface area contributed by atoms with Crippen molar-refractivity contribution >= 4 is 6.29 Å². The second kappa shape index (κ2) is 5.00. The van der Waals surface area contributed by atoms with Crippen molar-refractivity contribution in [1.82, 2.24) is 9.78 Å². The van der Waals surface area contributed by atoms with Crippen LogP contribution in [0.2, 0.25) is 0 Å². The molecule has 0 aliphatic carbocycles. The first-order valence-electron chi connectivity index (χ1n) is 6.59. The molecule has 1 heterocycles. The molecule has 19 heavy (non-hydrogen) atoms. The first kappa shape index (κ1) is 13.5. The van der Waals surface area contributed by atoms with Crippen molar-refractivity contribution in [2.45, 2.75) is 39.7 Å². The van der Waals surface area contributed by atoms with Gasteiger partial charge in [0.2, 0.25) is 0 Å². The molecule has 0 saturated heterocycles. The number of nitrogens with zero attached hydrogens (tertiary/aromatic N) is 2. The standard InChI is InChI=1S/C16H20N2O/c1-5-18-14(11-19)10-15(17-18)12-6-8-13(9-7-12)16(2,3)4/h6-11H,5H2,1-4H3. The van der Waals surface area contributed by atoms with Crippen molar-refractivity contribution in [1.29, 1.82) is 0 Å². The molecule has 2 rings (SSSR count). The van der Waals surface area contributed by atoms with Crippen LogP contribution in [0.5, 0.6) is 0 Å². The van der Waals surface area contributed by atoms with E-state index in [0.29, 0.717) is 12.2 Å². The van der Waals surface area contributed by atoms with E-state index in [9.17, 15) is 4.79 Å². The van der Waals surface area contributed by atoms with Crippen LogP contribution in [0.4, 0.5) is 0 Å². The Morgan fingerprint density at radius 2 is 1.84 bits per heavy atom. The summed E-state index contributed by atoms with van der Waals surface area (Å²) in [5, 5.41) is 4.45. The molecule has 3 nitrogen and oxygen atoms in total. The largest absolute Gasteiger partial charge is 0.296 e. The molecule has 0 N–H and O–H groups in total. The molecule has 0 bridgehead atoms. The Bertz CT molecular complexity index is 574. The molecular weight excluding hydrogens is 236 g/mol. The van der Waals surface area contributed by atoms with E-state index < -0.39 is 0 Å². The third-order valence-corrected chi connectivity index (χ3v) is 3.28. The van der Waals surface area contributed by atoms with Gasteiger partial charge in [-0.2, -0.15) is 5.10 Å². The van der Waals surface area contributed by atoms with Gasteiger partial charge >= 0.3 is 0 Å². The van der Waals surface area contributed by atoms with Crippen molar-refractivity contribution in [2.75, 3.05) is 0 Å². The summed E-state index contributed by atoms with van der Waals surface area (Å²) in [4.78, 5) is 11.0. The van der Waals surface area contributed by atoms with E-state index in [4.69, 9.17) is 0 Å². The quantitative estimate of drug-likeness (QED) is 0.785. The summed E-state index contributed by atoms with van der Waals surface area (Å²) in [6, 6.07) is 10.2. The lowest BCUT2D eigenvalue weighted by atomic mass is 9.86. The van der Waals surface area contributed by atoms with Crippen LogP contribution >= 0.6 is 0 Å². The van der Waals surface area contributed by atoms with Crippen molar-refractivity contribution in [2.24, 2.45) is 0 Å². The van der Waals surface area contributed by atoms with Crippen LogP contribution in [0.1, 0.15) is 43.7 Å². The Morgan fingerprint density at radius 1 is 1.21 bits per heavy atom. The van der Waals surface area contributed by atoms with Gasteiger partial charge in [0, 0.05) is 12.1 Å². The monoisotopic (exact) mass is 256 g/mol. The van der Waals surface area contributed by atoms with Gasteiger partial charge in [0.25, 0.3) is 0 Å². The zero-order valence-corrected chi connectivity index (χ0v) is 12.0. The maximum Gasteiger partial charge on any atom is 0.168 e. The van der Waals surface area contributed by atoms with E-state index in [1.165, 1.54) is 5.56 Å². The van der Waals surface area contributed by atoms with E-state index in [2.05, 4.69) is 50.1 Å². The lowest BCUT2D eigenvalue weighted by molar-refractivity contribution is 0.111. The number of carbonyl (C=O) groups is 1. The topological polar surface area (TPSA) is 34.9 Å². The predicted molar refractivity (Wildman–Crippen MR) is 77.4 cm³/mol. The van der Waals surface area contributed by atoms with E-state index >= 15 is 0 Å². The summed E-state index contributed by atoms with van der Waals surface area (Å²) in [6.45, 7) is 9.26. The Labute approximate surface area is 114 Å². The third-order valence-electron chi connectivity index (χ3n) is 3.28. The molecule has 0 atom stereocenters. The Morgan fingerprint density at radius 3 is 2.26 bits per heavy atom. The minimum Gasteiger partial charge on any atom is -0.296 e. The second-order valence-corrected chi connectivity index (χ2v) is 5.72. The smallest absolute Gasteiger partial charge is 0.168 e. The van der Waals surface area contributed by atoms with Crippen molar-refractivity contribution in [3.63, 3.8) is 0 Å². The summed E-state index contributed by atoms with van der Waals surface area (Å²) in [7, 11) is 0. The Kier molecular flexibility index (Phi) is 3.56. The summed E-state index contributed by atoms with van der Waals surface area (Å²) >= 11 is 0. The van der Waals surface area contributed by atoms with Crippen LogP contribution in [-0.4, -0.2) is 16.1 Å². The minimum atomic E-state index is 0.148. The average molecular weight is 256 g/mol. The number of carbonyl (C=O) groups excluding carboxylic acids is 1. The SMILES string of the molecule is CCn1nc(-c2ccc(C(C)(C)C)cc2)cc1C=O. The fourth-order valence-electron chi connectivity index (χ4n) is 2.06. The molecule has 3 heteroatoms. The molecule has 0 aliphatic rings. The van der Waals surface area contributed by atoms with Gasteiger partial charge in [-0.15, -0.1) is 0 Å². The lowest BCUT2D eigenvalue weighted by Crippen LogP contribution is -2.10. The zero-order chi connectivity index (χ0) is 14.0. The molecule has 0 unspecified atom stereocenters. The van der Waals surface area contributed by atoms with Crippen molar-refractivity contribution in [3.05, 3.63) is 41.6 Å². The lowest BCUT2D eigenvalue weighted by Gasteiger charge is -2.18. The van der Waals surface area contributed by atoms with Crippen LogP contribution in [-0.2, 0) is 12.0 Å². The second-order valence-electron chi connectivity index (χ2n) is 5.72. The summed E-state index contributed by atoms with van der Waals surface area (Å²) < 4.78 is 1.72. The molecule has 0 spiro atoms. The fraction of sp³-hybridized carbons (Fsp3) is 0.375. The third kappa shape index (κ3) is 2.75. The van der Waals surface area contributed by atoms with E-state index in [0.717, 1.165) is 17.5 Å². The highest BCUT2D eigenvalue weighted by Crippen LogP contribution is 2.25. The number of hydrogen-bond donors (Lipinski definition) is 0. The minimum absolute atomic E-state index is 0.148. The molecule has 100 valence electrons. The van der Waals surface area contributed by atoms with Gasteiger partial charge in [-0.05, 0) is 24.0 Å². The summed E-state index contributed by atoms with van der Waals surface area (Å²) in [6.07, 6.45) is 0.851. The highest BCUT2D eigenvalue weighted by atomic mass is 16.1. The van der Waals surface area contributed by atoms with E-state index in [-0.39, 0.29) is 5.41 Å². The van der Waals surface area contributed by atoms with Crippen molar-refractivity contribution < 1.29 is 4.79 Å². The van der Waals surface area contributed by atoms with Crippen LogP contribution in [0.15, 0.2) is 30.3 Å². The Hall–Kier alpha value is -1.90. The van der Waals surface area contributed by atoms with E-state index in [1.807, 2.05) is 13.0 Å². The van der Waals surface area contributed by atoms with Gasteiger partial charge in [0.1, 0.15) is 5.69 Å². The van der Waals surface area contributed by atoms with Crippen LogP contribution in [0, 0.1) is 0 Å². The molecule has 0 saturated carbocycles. The molecule has 0 aliphatic heterocycles. The number of benzene rings is 1. The molecule has 2 aromatic rings. The predicted octanol–water partition coefficient (Wildman–Crippen LogP) is 3.68. The first-order valence-corrected chi connectivity index (χ1v) is 6.59. The van der Waals surface area contributed by atoms with Crippen molar-refractivity contribution in [3.8, 4) is 11.3 Å². The van der Waals surface area contributed by atoms with Gasteiger partial charge < -0.3 is 0 Å². The summed E-state index contributed by atoms with van der Waals surface area (Å²) in [5.41, 5.74) is 3.96. The molecule has 0 radical (unpaired) electrons. The van der Waals surface area contributed by atoms with Gasteiger partial charge in [0.15, 0.2) is 6.29 Å². The normalized spacial score (nSPS) is 11.6. The average Bonchev–Trinajstić information content (AvgIpc) is 2.81. The molecule has 1 aromatic carbocycles. The Balaban J connectivity index is 2.37. The van der Waals surface area contributed by atoms with Gasteiger partial charge in [0.05, 0.1) is 5.69 Å². The highest BCUT2D eigenvalue weighted by Gasteiger charge is 2.14. The highest BCUT2D eigenvalue weighted by molar-refractivity contribution is 5.75. The van der Waals surface area contributed by atoms with Crippen LogP contribution in [0.25, 0.3) is 11.3 Å². The van der Waals surface area contributed by atoms with E-state index in [1.54, 1.807) is 4.68 Å². The maximum atomic E-state index is 11.0. The number of rotatable bonds is 3. The van der Waals surface area contributed by atoms with Gasteiger partial charge in [-0.3, -0.25) is 9.48 Å². The van der Waals surface area contributed by atoms with Crippen LogP contribution in [0.3, 0.4) is 0 Å². The number of aldehydes is 1. The van der Waals surface area contributed by atoms with Gasteiger partial charge in [-0.1, -0.05) is 45.0 Å². The van der Waals surface area contributed by atoms with Gasteiger partial charge in [-0.25, -0.2) is 0 Å². The number of aromatic nitrogens is 2. The van der Waals surface area contributed by atoms with Crippen LogP contribution < -0.4 is 0 Å². The fourth-order valence-corrected chi connectivity index (χ4v) is 2.06. The molecule has 0 fully saturated rings. The number of aryl methyl sites for hydroxylation is 1. The zero-order valence-electron chi connectivity index (χ0n) is 12.0. The maximum absolute atomic E-state index is 11.0.